The lowest BCUT2D eigenvalue weighted by Crippen LogP contribution is -2.38. The average molecular weight is 525 g/mol. The van der Waals surface area contributed by atoms with Crippen LogP contribution in [0.4, 0.5) is 14.8 Å². The topological polar surface area (TPSA) is 110 Å². The number of anilines is 1. The van der Waals surface area contributed by atoms with Crippen molar-refractivity contribution in [1.29, 1.82) is 0 Å². The summed E-state index contributed by atoms with van der Waals surface area (Å²) in [4.78, 5) is 23.4. The molecule has 3 aromatic rings. The smallest absolute Gasteiger partial charge is 0.296 e. The molecular formula is C24H27ClF2N4O5. The van der Waals surface area contributed by atoms with Crippen molar-refractivity contribution < 1.29 is 32.6 Å². The van der Waals surface area contributed by atoms with Crippen molar-refractivity contribution in [1.82, 2.24) is 14.9 Å². The highest BCUT2D eigenvalue weighted by Crippen LogP contribution is 2.32. The van der Waals surface area contributed by atoms with E-state index in [2.05, 4.69) is 15.3 Å². The van der Waals surface area contributed by atoms with E-state index < -0.39 is 30.6 Å². The van der Waals surface area contributed by atoms with E-state index in [-0.39, 0.29) is 37.6 Å². The predicted molar refractivity (Wildman–Crippen MR) is 129 cm³/mol. The zero-order valence-electron chi connectivity index (χ0n) is 19.8. The Bertz CT molecular complexity index is 1220. The van der Waals surface area contributed by atoms with Crippen molar-refractivity contribution in [2.75, 3.05) is 32.2 Å². The number of rotatable bonds is 10. The molecule has 0 saturated carbocycles. The van der Waals surface area contributed by atoms with Gasteiger partial charge in [0.25, 0.3) is 17.8 Å². The molecule has 0 radical (unpaired) electrons. The Balaban J connectivity index is 1.51. The number of halogens is 3. The zero-order chi connectivity index (χ0) is 25.9. The van der Waals surface area contributed by atoms with Crippen LogP contribution >= 0.6 is 11.6 Å². The zero-order valence-corrected chi connectivity index (χ0v) is 20.6. The SMILES string of the molecule is CCC(F)(F)COC1CC(CO)N(C(=O)c2cc(OC)c3oc(NCc4cc(Cl)ccn4)nc3c2)C1. The summed E-state index contributed by atoms with van der Waals surface area (Å²) < 4.78 is 43.8. The Morgan fingerprint density at radius 1 is 1.39 bits per heavy atom. The van der Waals surface area contributed by atoms with Gasteiger partial charge in [-0.05, 0) is 30.7 Å². The van der Waals surface area contributed by atoms with Gasteiger partial charge in [0.05, 0.1) is 38.1 Å². The molecule has 12 heteroatoms. The van der Waals surface area contributed by atoms with Crippen LogP contribution in [-0.4, -0.2) is 70.8 Å². The molecule has 0 bridgehead atoms. The van der Waals surface area contributed by atoms with Gasteiger partial charge in [0, 0.05) is 29.7 Å². The summed E-state index contributed by atoms with van der Waals surface area (Å²) in [6.45, 7) is 0.736. The van der Waals surface area contributed by atoms with Crippen molar-refractivity contribution in [3.8, 4) is 5.75 Å². The fraction of sp³-hybridized carbons (Fsp3) is 0.458. The lowest BCUT2D eigenvalue weighted by Gasteiger charge is -2.23. The van der Waals surface area contributed by atoms with Crippen LogP contribution in [0.3, 0.4) is 0 Å². The summed E-state index contributed by atoms with van der Waals surface area (Å²) in [6, 6.07) is 6.10. The number of carbonyl (C=O) groups excluding carboxylic acids is 1. The second-order valence-corrected chi connectivity index (χ2v) is 8.97. The van der Waals surface area contributed by atoms with Gasteiger partial charge in [-0.3, -0.25) is 9.78 Å². The number of likely N-dealkylation sites (tertiary alicyclic amines) is 1. The highest BCUT2D eigenvalue weighted by atomic mass is 35.5. The van der Waals surface area contributed by atoms with E-state index >= 15 is 0 Å². The van der Waals surface area contributed by atoms with Gasteiger partial charge in [-0.15, -0.1) is 0 Å². The molecule has 2 aromatic heterocycles. The summed E-state index contributed by atoms with van der Waals surface area (Å²) in [6.07, 6.45) is 0.916. The monoisotopic (exact) mass is 524 g/mol. The normalized spacial score (nSPS) is 18.1. The number of aliphatic hydroxyl groups is 1. The summed E-state index contributed by atoms with van der Waals surface area (Å²) >= 11 is 5.99. The first-order valence-electron chi connectivity index (χ1n) is 11.5. The number of ether oxygens (including phenoxy) is 2. The number of benzene rings is 1. The standard InChI is InChI=1S/C24H27ClF2N4O5/c1-3-24(26,27)13-35-18-9-17(12-32)31(11-18)22(33)14-6-19-21(20(7-14)34-2)36-23(30-19)29-10-16-8-15(25)4-5-28-16/h4-8,17-18,32H,3,9-13H2,1-2H3,(H,29,30). The van der Waals surface area contributed by atoms with Crippen LogP contribution in [0.2, 0.25) is 5.02 Å². The van der Waals surface area contributed by atoms with Crippen molar-refractivity contribution in [2.24, 2.45) is 0 Å². The maximum Gasteiger partial charge on any atom is 0.296 e. The van der Waals surface area contributed by atoms with Gasteiger partial charge in [0.1, 0.15) is 12.1 Å². The molecule has 2 unspecified atom stereocenters. The van der Waals surface area contributed by atoms with E-state index in [4.69, 9.17) is 25.5 Å². The quantitative estimate of drug-likeness (QED) is 0.407. The average Bonchev–Trinajstić information content (AvgIpc) is 3.49. The van der Waals surface area contributed by atoms with Crippen LogP contribution in [-0.2, 0) is 11.3 Å². The molecule has 0 aliphatic carbocycles. The Hall–Kier alpha value is -3.02. The van der Waals surface area contributed by atoms with Gasteiger partial charge in [0.15, 0.2) is 11.3 Å². The van der Waals surface area contributed by atoms with E-state index in [0.717, 1.165) is 0 Å². The minimum absolute atomic E-state index is 0.0858. The van der Waals surface area contributed by atoms with Crippen LogP contribution in [0.5, 0.6) is 5.75 Å². The molecule has 9 nitrogen and oxygen atoms in total. The third-order valence-electron chi connectivity index (χ3n) is 6.02. The molecule has 3 heterocycles. The second kappa shape index (κ2) is 10.9. The predicted octanol–water partition coefficient (Wildman–Crippen LogP) is 4.13. The van der Waals surface area contributed by atoms with Gasteiger partial charge in [-0.25, -0.2) is 8.78 Å². The number of methoxy groups -OCH3 is 1. The molecule has 1 amide bonds. The van der Waals surface area contributed by atoms with Gasteiger partial charge in [-0.1, -0.05) is 18.5 Å². The molecular weight excluding hydrogens is 498 g/mol. The van der Waals surface area contributed by atoms with E-state index in [0.29, 0.717) is 34.1 Å². The molecule has 1 aliphatic rings. The van der Waals surface area contributed by atoms with Crippen molar-refractivity contribution >= 4 is 34.6 Å². The molecule has 1 saturated heterocycles. The summed E-state index contributed by atoms with van der Waals surface area (Å²) in [5.74, 6) is -3.04. The Labute approximate surface area is 211 Å². The van der Waals surface area contributed by atoms with Crippen LogP contribution in [0.1, 0.15) is 35.8 Å². The number of aliphatic hydroxyl groups excluding tert-OH is 1. The van der Waals surface area contributed by atoms with Gasteiger partial charge >= 0.3 is 0 Å². The maximum atomic E-state index is 13.6. The van der Waals surface area contributed by atoms with E-state index in [1.54, 1.807) is 24.4 Å². The van der Waals surface area contributed by atoms with Crippen LogP contribution in [0, 0.1) is 0 Å². The minimum Gasteiger partial charge on any atom is -0.493 e. The van der Waals surface area contributed by atoms with Gasteiger partial charge in [-0.2, -0.15) is 4.98 Å². The van der Waals surface area contributed by atoms with Gasteiger partial charge in [0.2, 0.25) is 0 Å². The fourth-order valence-electron chi connectivity index (χ4n) is 3.99. The molecule has 2 N–H and O–H groups in total. The molecule has 1 fully saturated rings. The Kier molecular flexibility index (Phi) is 7.91. The number of hydrogen-bond acceptors (Lipinski definition) is 8. The molecule has 4 rings (SSSR count). The van der Waals surface area contributed by atoms with Crippen molar-refractivity contribution in [3.63, 3.8) is 0 Å². The number of amides is 1. The fourth-order valence-corrected chi connectivity index (χ4v) is 4.17. The molecule has 1 aliphatic heterocycles. The first-order chi connectivity index (χ1) is 17.2. The number of aromatic nitrogens is 2. The van der Waals surface area contributed by atoms with Crippen LogP contribution < -0.4 is 10.1 Å². The molecule has 1 aromatic carbocycles. The highest BCUT2D eigenvalue weighted by molar-refractivity contribution is 6.30. The van der Waals surface area contributed by atoms with Crippen LogP contribution in [0.25, 0.3) is 11.1 Å². The third-order valence-corrected chi connectivity index (χ3v) is 6.25. The number of fused-ring (bicyclic) bond motifs is 1. The van der Waals surface area contributed by atoms with Gasteiger partial charge < -0.3 is 29.2 Å². The Morgan fingerprint density at radius 3 is 2.89 bits per heavy atom. The minimum atomic E-state index is -2.94. The molecule has 36 heavy (non-hydrogen) atoms. The number of hydrogen-bond donors (Lipinski definition) is 2. The number of nitrogens with zero attached hydrogens (tertiary/aromatic N) is 3. The second-order valence-electron chi connectivity index (χ2n) is 8.54. The first-order valence-corrected chi connectivity index (χ1v) is 11.8. The molecule has 2 atom stereocenters. The summed E-state index contributed by atoms with van der Waals surface area (Å²) in [5.41, 5.74) is 1.67. The number of carbonyl (C=O) groups is 1. The number of oxazole rings is 1. The largest absolute Gasteiger partial charge is 0.493 e. The lowest BCUT2D eigenvalue weighted by atomic mass is 10.1. The summed E-state index contributed by atoms with van der Waals surface area (Å²) in [5, 5.41) is 13.4. The maximum absolute atomic E-state index is 13.6. The third kappa shape index (κ3) is 5.85. The Morgan fingerprint density at radius 2 is 2.19 bits per heavy atom. The molecule has 194 valence electrons. The van der Waals surface area contributed by atoms with Crippen molar-refractivity contribution in [3.05, 3.63) is 46.7 Å². The molecule has 0 spiro atoms. The number of alkyl halides is 2. The highest BCUT2D eigenvalue weighted by Gasteiger charge is 2.38. The number of pyridine rings is 1. The summed E-state index contributed by atoms with van der Waals surface area (Å²) in [7, 11) is 1.44. The first kappa shape index (κ1) is 26.1. The van der Waals surface area contributed by atoms with Crippen molar-refractivity contribution in [2.45, 2.75) is 44.4 Å². The lowest BCUT2D eigenvalue weighted by molar-refractivity contribution is -0.0981. The van der Waals surface area contributed by atoms with E-state index in [1.165, 1.54) is 25.0 Å². The van der Waals surface area contributed by atoms with E-state index in [1.807, 2.05) is 0 Å². The van der Waals surface area contributed by atoms with E-state index in [9.17, 15) is 18.7 Å². The van der Waals surface area contributed by atoms with Crippen LogP contribution in [0.15, 0.2) is 34.9 Å². The number of nitrogens with one attached hydrogen (secondary N) is 1.